The number of carbonyl (C=O) groups is 1. The predicted octanol–water partition coefficient (Wildman–Crippen LogP) is 2.67. The fourth-order valence-corrected chi connectivity index (χ4v) is 3.93. The third-order valence-electron chi connectivity index (χ3n) is 3.97. The molecule has 0 saturated heterocycles. The molecule has 3 rings (SSSR count). The zero-order chi connectivity index (χ0) is 15.5. The van der Waals surface area contributed by atoms with Crippen LogP contribution in [0.25, 0.3) is 0 Å². The van der Waals surface area contributed by atoms with Crippen LogP contribution >= 0.6 is 11.3 Å². The molecule has 1 atom stereocenters. The highest BCUT2D eigenvalue weighted by atomic mass is 32.1. The molecule has 118 valence electrons. The topological polar surface area (TPSA) is 67.0 Å². The average molecular weight is 319 g/mol. The van der Waals surface area contributed by atoms with Gasteiger partial charge in [-0.15, -0.1) is 11.3 Å². The van der Waals surface area contributed by atoms with E-state index in [2.05, 4.69) is 28.5 Å². The molecule has 0 aliphatic heterocycles. The largest absolute Gasteiger partial charge is 0.378 e. The average Bonchev–Trinajstić information content (AvgIpc) is 3.11. The van der Waals surface area contributed by atoms with Crippen LogP contribution < -0.4 is 5.32 Å². The number of rotatable bonds is 5. The van der Waals surface area contributed by atoms with Gasteiger partial charge in [0.1, 0.15) is 0 Å². The predicted molar refractivity (Wildman–Crippen MR) is 86.0 cm³/mol. The lowest BCUT2D eigenvalue weighted by Crippen LogP contribution is -2.22. The Kier molecular flexibility index (Phi) is 4.59. The highest BCUT2D eigenvalue weighted by Gasteiger charge is 2.20. The second-order valence-corrected chi connectivity index (χ2v) is 7.04. The van der Waals surface area contributed by atoms with Crippen molar-refractivity contribution in [1.29, 1.82) is 0 Å². The van der Waals surface area contributed by atoms with Gasteiger partial charge in [0, 0.05) is 12.0 Å². The molecule has 6 heteroatoms. The highest BCUT2D eigenvalue weighted by Crippen LogP contribution is 2.32. The first-order valence-electron chi connectivity index (χ1n) is 7.57. The van der Waals surface area contributed by atoms with Crippen LogP contribution in [-0.2, 0) is 30.7 Å². The summed E-state index contributed by atoms with van der Waals surface area (Å²) in [6.45, 7) is 3.20. The minimum absolute atomic E-state index is 0.00468. The van der Waals surface area contributed by atoms with Crippen LogP contribution in [0.5, 0.6) is 0 Å². The number of H-pyrrole nitrogens is 1. The van der Waals surface area contributed by atoms with Crippen molar-refractivity contribution < 1.29 is 9.53 Å². The first kappa shape index (κ1) is 15.2. The van der Waals surface area contributed by atoms with E-state index in [9.17, 15) is 4.79 Å². The summed E-state index contributed by atoms with van der Waals surface area (Å²) in [7, 11) is 1.63. The van der Waals surface area contributed by atoms with Gasteiger partial charge in [-0.2, -0.15) is 5.10 Å². The first-order chi connectivity index (χ1) is 10.7. The van der Waals surface area contributed by atoms with E-state index >= 15 is 0 Å². The number of nitrogens with one attached hydrogen (secondary N) is 2. The van der Waals surface area contributed by atoms with Crippen molar-refractivity contribution in [3.8, 4) is 0 Å². The molecule has 0 aromatic carbocycles. The lowest BCUT2D eigenvalue weighted by Gasteiger charge is -2.16. The Hall–Kier alpha value is -1.66. The van der Waals surface area contributed by atoms with E-state index in [1.165, 1.54) is 16.9 Å². The fourth-order valence-electron chi connectivity index (χ4n) is 2.80. The quantitative estimate of drug-likeness (QED) is 0.890. The number of ether oxygens (including phenoxy) is 1. The number of aromatic amines is 1. The van der Waals surface area contributed by atoms with Crippen LogP contribution in [0.15, 0.2) is 12.1 Å². The summed E-state index contributed by atoms with van der Waals surface area (Å²) in [5.41, 5.74) is 3.08. The van der Waals surface area contributed by atoms with Crippen molar-refractivity contribution in [1.82, 2.24) is 15.5 Å². The number of aryl methyl sites for hydroxylation is 1. The van der Waals surface area contributed by atoms with Crippen molar-refractivity contribution >= 4 is 17.2 Å². The second-order valence-electron chi connectivity index (χ2n) is 5.91. The first-order valence-corrected chi connectivity index (χ1v) is 8.39. The van der Waals surface area contributed by atoms with Gasteiger partial charge in [-0.05, 0) is 42.9 Å². The SMILES string of the molecule is COCc1cc(CNC(=O)c2cc3c(s2)CC[C@H](C)C3)[nH]n1. The highest BCUT2D eigenvalue weighted by molar-refractivity contribution is 7.14. The lowest BCUT2D eigenvalue weighted by atomic mass is 9.90. The van der Waals surface area contributed by atoms with Crippen molar-refractivity contribution in [3.05, 3.63) is 38.8 Å². The molecule has 1 aliphatic carbocycles. The molecule has 5 nitrogen and oxygen atoms in total. The van der Waals surface area contributed by atoms with Crippen LogP contribution in [0.2, 0.25) is 0 Å². The smallest absolute Gasteiger partial charge is 0.261 e. The molecule has 2 heterocycles. The third-order valence-corrected chi connectivity index (χ3v) is 5.20. The van der Waals surface area contributed by atoms with E-state index in [0.29, 0.717) is 13.2 Å². The van der Waals surface area contributed by atoms with E-state index in [4.69, 9.17) is 4.74 Å². The van der Waals surface area contributed by atoms with Crippen molar-refractivity contribution in [2.75, 3.05) is 7.11 Å². The molecule has 1 amide bonds. The van der Waals surface area contributed by atoms with Crippen LogP contribution in [0.3, 0.4) is 0 Å². The van der Waals surface area contributed by atoms with E-state index in [1.807, 2.05) is 6.07 Å². The van der Waals surface area contributed by atoms with Crippen molar-refractivity contribution in [2.24, 2.45) is 5.92 Å². The molecule has 22 heavy (non-hydrogen) atoms. The molecule has 0 unspecified atom stereocenters. The number of fused-ring (bicyclic) bond motifs is 1. The van der Waals surface area contributed by atoms with E-state index in [-0.39, 0.29) is 5.91 Å². The van der Waals surface area contributed by atoms with Gasteiger partial charge in [-0.3, -0.25) is 9.89 Å². The van der Waals surface area contributed by atoms with Crippen molar-refractivity contribution in [3.63, 3.8) is 0 Å². The Morgan fingerprint density at radius 2 is 2.41 bits per heavy atom. The van der Waals surface area contributed by atoms with E-state index < -0.39 is 0 Å². The van der Waals surface area contributed by atoms with Gasteiger partial charge in [-0.25, -0.2) is 0 Å². The van der Waals surface area contributed by atoms with Gasteiger partial charge >= 0.3 is 0 Å². The number of hydrogen-bond donors (Lipinski definition) is 2. The molecule has 2 aromatic rings. The number of thiophene rings is 1. The summed E-state index contributed by atoms with van der Waals surface area (Å²) in [6, 6.07) is 3.97. The Labute approximate surface area is 134 Å². The normalized spacial score (nSPS) is 17.3. The van der Waals surface area contributed by atoms with Crippen LogP contribution in [0.4, 0.5) is 0 Å². The van der Waals surface area contributed by atoms with Crippen LogP contribution in [-0.4, -0.2) is 23.2 Å². The summed E-state index contributed by atoms with van der Waals surface area (Å²) in [4.78, 5) is 14.5. The van der Waals surface area contributed by atoms with Crippen LogP contribution in [0.1, 0.15) is 44.8 Å². The summed E-state index contributed by atoms with van der Waals surface area (Å²) in [5.74, 6) is 0.720. The van der Waals surface area contributed by atoms with Gasteiger partial charge < -0.3 is 10.1 Å². The number of amides is 1. The Morgan fingerprint density at radius 1 is 1.55 bits per heavy atom. The summed E-state index contributed by atoms with van der Waals surface area (Å²) in [6.07, 6.45) is 3.43. The molecule has 0 saturated carbocycles. The molecule has 1 aliphatic rings. The van der Waals surface area contributed by atoms with E-state index in [1.54, 1.807) is 18.4 Å². The third kappa shape index (κ3) is 3.39. The van der Waals surface area contributed by atoms with Gasteiger partial charge in [0.25, 0.3) is 5.91 Å². The molecule has 2 N–H and O–H groups in total. The summed E-state index contributed by atoms with van der Waals surface area (Å²) >= 11 is 1.64. The number of methoxy groups -OCH3 is 1. The Bertz CT molecular complexity index is 662. The summed E-state index contributed by atoms with van der Waals surface area (Å²) < 4.78 is 5.02. The minimum atomic E-state index is -0.00468. The second kappa shape index (κ2) is 6.62. The lowest BCUT2D eigenvalue weighted by molar-refractivity contribution is 0.0954. The zero-order valence-corrected chi connectivity index (χ0v) is 13.8. The minimum Gasteiger partial charge on any atom is -0.378 e. The molecule has 0 fully saturated rings. The summed E-state index contributed by atoms with van der Waals surface area (Å²) in [5, 5.41) is 9.98. The maximum absolute atomic E-state index is 12.3. The number of nitrogens with zero attached hydrogens (tertiary/aromatic N) is 1. The van der Waals surface area contributed by atoms with Crippen molar-refractivity contribution in [2.45, 2.75) is 39.3 Å². The molecular formula is C16H21N3O2S. The number of carbonyl (C=O) groups excluding carboxylic acids is 1. The maximum atomic E-state index is 12.3. The molecule has 2 aromatic heterocycles. The number of hydrogen-bond acceptors (Lipinski definition) is 4. The van der Waals surface area contributed by atoms with Crippen LogP contribution in [0, 0.1) is 5.92 Å². The number of aromatic nitrogens is 2. The monoisotopic (exact) mass is 319 g/mol. The fraction of sp³-hybridized carbons (Fsp3) is 0.500. The Balaban J connectivity index is 1.60. The molecule has 0 spiro atoms. The molecular weight excluding hydrogens is 298 g/mol. The van der Waals surface area contributed by atoms with E-state index in [0.717, 1.165) is 35.0 Å². The zero-order valence-electron chi connectivity index (χ0n) is 12.9. The van der Waals surface area contributed by atoms with Gasteiger partial charge in [-0.1, -0.05) is 6.92 Å². The molecule has 0 radical (unpaired) electrons. The molecule has 0 bridgehead atoms. The van der Waals surface area contributed by atoms with Gasteiger partial charge in [0.2, 0.25) is 0 Å². The standard InChI is InChI=1S/C16H21N3O2S/c1-10-3-4-14-11(5-10)6-15(22-14)16(20)17-8-12-7-13(9-21-2)19-18-12/h6-7,10H,3-5,8-9H2,1-2H3,(H,17,20)(H,18,19)/t10-/m0/s1. The maximum Gasteiger partial charge on any atom is 0.261 e. The Morgan fingerprint density at radius 3 is 3.23 bits per heavy atom. The van der Waals surface area contributed by atoms with Gasteiger partial charge in [0.05, 0.1) is 29.4 Å². The van der Waals surface area contributed by atoms with Gasteiger partial charge in [0.15, 0.2) is 0 Å².